The van der Waals surface area contributed by atoms with E-state index in [9.17, 15) is 19.8 Å². The second-order valence-corrected chi connectivity index (χ2v) is 8.72. The SMILES string of the molecule is CCC1(C(=O)O)C[N@+](C(=O)O)(C(C)(C)C)CCN1C1CCN(C)CC1. The van der Waals surface area contributed by atoms with Crippen molar-refractivity contribution in [1.29, 1.82) is 0 Å². The average molecular weight is 356 g/mol. The summed E-state index contributed by atoms with van der Waals surface area (Å²) in [7, 11) is 2.09. The molecule has 1 amide bonds. The normalized spacial score (nSPS) is 33.3. The number of amides is 1. The third-order valence-electron chi connectivity index (χ3n) is 6.57. The molecule has 0 aromatic rings. The van der Waals surface area contributed by atoms with Crippen LogP contribution in [0.1, 0.15) is 47.0 Å². The molecule has 2 aliphatic heterocycles. The van der Waals surface area contributed by atoms with Gasteiger partial charge in [-0.15, -0.1) is 0 Å². The zero-order valence-corrected chi connectivity index (χ0v) is 16.3. The molecule has 2 atom stereocenters. The summed E-state index contributed by atoms with van der Waals surface area (Å²) in [4.78, 5) is 29.0. The van der Waals surface area contributed by atoms with E-state index in [1.165, 1.54) is 0 Å². The molecule has 2 heterocycles. The smallest absolute Gasteiger partial charge is 0.480 e. The molecule has 2 aliphatic rings. The first-order valence-corrected chi connectivity index (χ1v) is 9.29. The third-order valence-corrected chi connectivity index (χ3v) is 6.57. The van der Waals surface area contributed by atoms with Gasteiger partial charge in [0.05, 0.1) is 0 Å². The standard InChI is InChI=1S/C18H33N3O4/c1-6-18(15(22)23)13-21(16(24)25,17(2,3)4)12-11-20(18)14-7-9-19(5)10-8-14/h14H,6-13H2,1-5H3,(H-,22,23,24,25)/p+1/t18?,21-/m1/s1. The van der Waals surface area contributed by atoms with Gasteiger partial charge in [-0.25, -0.2) is 9.28 Å². The lowest BCUT2D eigenvalue weighted by molar-refractivity contribution is -0.913. The van der Waals surface area contributed by atoms with Gasteiger partial charge >= 0.3 is 12.1 Å². The maximum atomic E-state index is 12.4. The number of carboxylic acid groups (broad SMARTS) is 2. The first kappa shape index (κ1) is 20.1. The predicted octanol–water partition coefficient (Wildman–Crippen LogP) is 1.92. The van der Waals surface area contributed by atoms with Crippen molar-refractivity contribution in [3.63, 3.8) is 0 Å². The number of aliphatic carboxylic acids is 1. The highest BCUT2D eigenvalue weighted by molar-refractivity contribution is 5.79. The quantitative estimate of drug-likeness (QED) is 0.752. The minimum Gasteiger partial charge on any atom is -0.480 e. The van der Waals surface area contributed by atoms with Crippen molar-refractivity contribution in [1.82, 2.24) is 9.80 Å². The lowest BCUT2D eigenvalue weighted by Crippen LogP contribution is -2.79. The van der Waals surface area contributed by atoms with Gasteiger partial charge in [-0.3, -0.25) is 4.90 Å². The topological polar surface area (TPSA) is 81.1 Å². The van der Waals surface area contributed by atoms with Gasteiger partial charge in [-0.1, -0.05) is 6.92 Å². The van der Waals surface area contributed by atoms with E-state index in [0.717, 1.165) is 25.9 Å². The summed E-state index contributed by atoms with van der Waals surface area (Å²) in [5, 5.41) is 20.2. The van der Waals surface area contributed by atoms with E-state index in [4.69, 9.17) is 0 Å². The van der Waals surface area contributed by atoms with Crippen LogP contribution in [0.5, 0.6) is 0 Å². The van der Waals surface area contributed by atoms with Crippen molar-refractivity contribution in [2.45, 2.75) is 64.1 Å². The van der Waals surface area contributed by atoms with E-state index < -0.39 is 23.1 Å². The second kappa shape index (κ2) is 6.85. The summed E-state index contributed by atoms with van der Waals surface area (Å²) in [6.07, 6.45) is 1.37. The van der Waals surface area contributed by atoms with Crippen LogP contribution >= 0.6 is 0 Å². The fourth-order valence-corrected chi connectivity index (χ4v) is 4.63. The third kappa shape index (κ3) is 3.29. The van der Waals surface area contributed by atoms with Crippen molar-refractivity contribution >= 4 is 12.1 Å². The molecule has 0 spiro atoms. The number of hydrogen-bond donors (Lipinski definition) is 2. The van der Waals surface area contributed by atoms with E-state index >= 15 is 0 Å². The van der Waals surface area contributed by atoms with E-state index in [-0.39, 0.29) is 17.1 Å². The van der Waals surface area contributed by atoms with Crippen LogP contribution < -0.4 is 0 Å². The summed E-state index contributed by atoms with van der Waals surface area (Å²) < 4.78 is -0.198. The summed E-state index contributed by atoms with van der Waals surface area (Å²) in [6, 6.07) is 0.211. The van der Waals surface area contributed by atoms with Crippen LogP contribution in [0.3, 0.4) is 0 Å². The molecule has 0 aromatic carbocycles. The maximum Gasteiger partial charge on any atom is 0.514 e. The number of hydrogen-bond acceptors (Lipinski definition) is 4. The van der Waals surface area contributed by atoms with Crippen molar-refractivity contribution < 1.29 is 24.3 Å². The number of carboxylic acids is 1. The molecule has 7 nitrogen and oxygen atoms in total. The van der Waals surface area contributed by atoms with Gasteiger partial charge in [0, 0.05) is 12.6 Å². The molecule has 0 bridgehead atoms. The summed E-state index contributed by atoms with van der Waals surface area (Å²) in [5.41, 5.74) is -1.68. The average Bonchev–Trinajstić information content (AvgIpc) is 2.53. The Morgan fingerprint density at radius 2 is 1.72 bits per heavy atom. The summed E-state index contributed by atoms with van der Waals surface area (Å²) >= 11 is 0. The highest BCUT2D eigenvalue weighted by Gasteiger charge is 2.62. The molecule has 0 aromatic heterocycles. The Kier molecular flexibility index (Phi) is 5.52. The van der Waals surface area contributed by atoms with E-state index in [2.05, 4.69) is 16.8 Å². The van der Waals surface area contributed by atoms with E-state index in [0.29, 0.717) is 19.5 Å². The highest BCUT2D eigenvalue weighted by Crippen LogP contribution is 2.39. The van der Waals surface area contributed by atoms with Gasteiger partial charge in [-0.2, -0.15) is 4.79 Å². The Morgan fingerprint density at radius 1 is 1.16 bits per heavy atom. The molecule has 0 saturated carbocycles. The Bertz CT molecular complexity index is 525. The molecular weight excluding hydrogens is 322 g/mol. The fourth-order valence-electron chi connectivity index (χ4n) is 4.63. The number of quaternary nitrogens is 1. The van der Waals surface area contributed by atoms with Crippen LogP contribution in [-0.2, 0) is 4.79 Å². The maximum absolute atomic E-state index is 12.4. The van der Waals surface area contributed by atoms with Crippen molar-refractivity contribution in [2.75, 3.05) is 39.8 Å². The second-order valence-electron chi connectivity index (χ2n) is 8.72. The summed E-state index contributed by atoms with van der Waals surface area (Å²) in [6.45, 7) is 10.6. The van der Waals surface area contributed by atoms with Gasteiger partial charge in [0.1, 0.15) is 18.6 Å². The van der Waals surface area contributed by atoms with Gasteiger partial charge in [0.25, 0.3) is 0 Å². The fraction of sp³-hybridized carbons (Fsp3) is 0.889. The summed E-state index contributed by atoms with van der Waals surface area (Å²) in [5.74, 6) is -0.887. The molecule has 144 valence electrons. The molecule has 0 aliphatic carbocycles. The van der Waals surface area contributed by atoms with Crippen LogP contribution in [0.15, 0.2) is 0 Å². The zero-order chi connectivity index (χ0) is 19.0. The van der Waals surface area contributed by atoms with E-state index in [1.807, 2.05) is 27.7 Å². The molecule has 1 unspecified atom stereocenters. The van der Waals surface area contributed by atoms with Crippen molar-refractivity contribution in [3.05, 3.63) is 0 Å². The Morgan fingerprint density at radius 3 is 2.12 bits per heavy atom. The number of likely N-dealkylation sites (tertiary alicyclic amines) is 1. The molecule has 2 rings (SSSR count). The highest BCUT2D eigenvalue weighted by atomic mass is 16.4. The van der Waals surface area contributed by atoms with Gasteiger partial charge in [0.15, 0.2) is 5.54 Å². The van der Waals surface area contributed by atoms with E-state index in [1.54, 1.807) is 0 Å². The van der Waals surface area contributed by atoms with Crippen LogP contribution in [0, 0.1) is 0 Å². The van der Waals surface area contributed by atoms with Crippen LogP contribution in [-0.4, -0.2) is 93.4 Å². The lowest BCUT2D eigenvalue weighted by Gasteiger charge is -2.57. The molecule has 2 N–H and O–H groups in total. The predicted molar refractivity (Wildman–Crippen MR) is 95.7 cm³/mol. The Hall–Kier alpha value is -1.18. The Balaban J connectivity index is 2.42. The molecule has 0 radical (unpaired) electrons. The zero-order valence-electron chi connectivity index (χ0n) is 16.3. The largest absolute Gasteiger partial charge is 0.514 e. The first-order valence-electron chi connectivity index (χ1n) is 9.29. The molecule has 25 heavy (non-hydrogen) atoms. The molecule has 2 saturated heterocycles. The minimum atomic E-state index is -1.12. The molecule has 7 heteroatoms. The number of piperidine rings is 1. The van der Waals surface area contributed by atoms with Crippen LogP contribution in [0.2, 0.25) is 0 Å². The van der Waals surface area contributed by atoms with Gasteiger partial charge < -0.3 is 15.1 Å². The van der Waals surface area contributed by atoms with Crippen molar-refractivity contribution in [2.24, 2.45) is 0 Å². The lowest BCUT2D eigenvalue weighted by atomic mass is 9.83. The number of carbonyl (C=O) groups is 2. The monoisotopic (exact) mass is 356 g/mol. The molecule has 2 fully saturated rings. The van der Waals surface area contributed by atoms with Crippen molar-refractivity contribution in [3.8, 4) is 0 Å². The molecular formula is C18H34N3O4+. The van der Waals surface area contributed by atoms with Crippen LogP contribution in [0.4, 0.5) is 4.79 Å². The number of rotatable bonds is 3. The number of piperazine rings is 1. The number of nitrogens with zero attached hydrogens (tertiary/aromatic N) is 3. The van der Waals surface area contributed by atoms with Crippen LogP contribution in [0.25, 0.3) is 0 Å². The minimum absolute atomic E-state index is 0.115. The van der Waals surface area contributed by atoms with Gasteiger partial charge in [-0.05, 0) is 60.2 Å². The Labute approximate surface area is 150 Å². The first-order chi connectivity index (χ1) is 11.5. The van der Waals surface area contributed by atoms with Gasteiger partial charge in [0.2, 0.25) is 0 Å².